The molecule has 1 aromatic carbocycles. The van der Waals surface area contributed by atoms with Crippen LogP contribution < -0.4 is 5.32 Å². The predicted octanol–water partition coefficient (Wildman–Crippen LogP) is 1.73. The third kappa shape index (κ3) is 2.08. The van der Waals surface area contributed by atoms with Crippen molar-refractivity contribution < 1.29 is 4.52 Å². The van der Waals surface area contributed by atoms with Gasteiger partial charge in [-0.15, -0.1) is 0 Å². The second-order valence-corrected chi connectivity index (χ2v) is 4.38. The molecular formula is C13H15N3O. The van der Waals surface area contributed by atoms with Crippen LogP contribution in [-0.2, 0) is 12.8 Å². The Morgan fingerprint density at radius 1 is 1.18 bits per heavy atom. The molecule has 0 amide bonds. The number of aryl methyl sites for hydroxylation is 1. The SMILES string of the molecule is Cc1noc(-c2ccc3c(c2)CCNCC3)n1. The third-order valence-electron chi connectivity index (χ3n) is 3.12. The zero-order valence-corrected chi connectivity index (χ0v) is 9.86. The number of benzene rings is 1. The minimum atomic E-state index is 0.613. The average Bonchev–Trinajstić information content (AvgIpc) is 2.64. The van der Waals surface area contributed by atoms with E-state index in [0.717, 1.165) is 31.5 Å². The van der Waals surface area contributed by atoms with Gasteiger partial charge >= 0.3 is 0 Å². The van der Waals surface area contributed by atoms with Gasteiger partial charge in [-0.3, -0.25) is 0 Å². The quantitative estimate of drug-likeness (QED) is 0.809. The van der Waals surface area contributed by atoms with E-state index in [4.69, 9.17) is 4.52 Å². The van der Waals surface area contributed by atoms with Gasteiger partial charge in [-0.1, -0.05) is 11.2 Å². The van der Waals surface area contributed by atoms with Crippen LogP contribution in [0.4, 0.5) is 0 Å². The number of rotatable bonds is 1. The van der Waals surface area contributed by atoms with Crippen molar-refractivity contribution in [3.8, 4) is 11.5 Å². The standard InChI is InChI=1S/C13H15N3O/c1-9-15-13(17-16-9)12-3-2-10-4-6-14-7-5-11(10)8-12/h2-3,8,14H,4-7H2,1H3. The first-order valence-electron chi connectivity index (χ1n) is 5.96. The zero-order valence-electron chi connectivity index (χ0n) is 9.86. The molecule has 4 heteroatoms. The van der Waals surface area contributed by atoms with E-state index in [-0.39, 0.29) is 0 Å². The molecule has 1 aromatic heterocycles. The Morgan fingerprint density at radius 2 is 2.00 bits per heavy atom. The molecule has 0 aliphatic carbocycles. The lowest BCUT2D eigenvalue weighted by molar-refractivity contribution is 0.425. The Balaban J connectivity index is 2.00. The van der Waals surface area contributed by atoms with Crippen LogP contribution in [0.1, 0.15) is 17.0 Å². The maximum Gasteiger partial charge on any atom is 0.257 e. The van der Waals surface area contributed by atoms with Crippen molar-refractivity contribution in [2.24, 2.45) is 0 Å². The molecule has 2 aromatic rings. The highest BCUT2D eigenvalue weighted by Crippen LogP contribution is 2.22. The van der Waals surface area contributed by atoms with Gasteiger partial charge in [0.2, 0.25) is 0 Å². The monoisotopic (exact) mass is 229 g/mol. The Labute approximate surface area is 100 Å². The second kappa shape index (κ2) is 4.30. The first-order chi connectivity index (χ1) is 8.33. The lowest BCUT2D eigenvalue weighted by Crippen LogP contribution is -2.16. The maximum atomic E-state index is 5.20. The number of nitrogens with one attached hydrogen (secondary N) is 1. The van der Waals surface area contributed by atoms with Crippen LogP contribution >= 0.6 is 0 Å². The molecule has 1 aliphatic heterocycles. The summed E-state index contributed by atoms with van der Waals surface area (Å²) < 4.78 is 5.20. The van der Waals surface area contributed by atoms with Crippen LogP contribution in [0.25, 0.3) is 11.5 Å². The van der Waals surface area contributed by atoms with Gasteiger partial charge in [0, 0.05) is 5.56 Å². The predicted molar refractivity (Wildman–Crippen MR) is 64.7 cm³/mol. The van der Waals surface area contributed by atoms with Crippen molar-refractivity contribution in [2.45, 2.75) is 19.8 Å². The summed E-state index contributed by atoms with van der Waals surface area (Å²) in [6.45, 7) is 3.94. The van der Waals surface area contributed by atoms with Gasteiger partial charge in [0.1, 0.15) is 0 Å². The van der Waals surface area contributed by atoms with Gasteiger partial charge in [-0.25, -0.2) is 0 Å². The minimum absolute atomic E-state index is 0.613. The fraction of sp³-hybridized carbons (Fsp3) is 0.385. The first kappa shape index (κ1) is 10.5. The summed E-state index contributed by atoms with van der Waals surface area (Å²) in [5.74, 6) is 1.29. The molecule has 3 rings (SSSR count). The van der Waals surface area contributed by atoms with Crippen molar-refractivity contribution in [3.63, 3.8) is 0 Å². The van der Waals surface area contributed by atoms with E-state index < -0.39 is 0 Å². The molecule has 88 valence electrons. The van der Waals surface area contributed by atoms with Crippen molar-refractivity contribution in [1.29, 1.82) is 0 Å². The highest BCUT2D eigenvalue weighted by Gasteiger charge is 2.11. The van der Waals surface area contributed by atoms with Crippen molar-refractivity contribution >= 4 is 0 Å². The Morgan fingerprint density at radius 3 is 2.76 bits per heavy atom. The van der Waals surface area contributed by atoms with Gasteiger partial charge in [-0.2, -0.15) is 4.98 Å². The summed E-state index contributed by atoms with van der Waals surface area (Å²) in [6, 6.07) is 6.42. The largest absolute Gasteiger partial charge is 0.334 e. The Kier molecular flexibility index (Phi) is 2.65. The van der Waals surface area contributed by atoms with E-state index in [1.165, 1.54) is 11.1 Å². The molecular weight excluding hydrogens is 214 g/mol. The second-order valence-electron chi connectivity index (χ2n) is 4.38. The lowest BCUT2D eigenvalue weighted by Gasteiger charge is -2.05. The molecule has 1 aliphatic rings. The summed E-state index contributed by atoms with van der Waals surface area (Å²) in [5, 5.41) is 7.23. The fourth-order valence-corrected chi connectivity index (χ4v) is 2.22. The van der Waals surface area contributed by atoms with E-state index >= 15 is 0 Å². The van der Waals surface area contributed by atoms with Crippen LogP contribution in [0.15, 0.2) is 22.7 Å². The number of nitrogens with zero attached hydrogens (tertiary/aromatic N) is 2. The molecule has 0 spiro atoms. The summed E-state index contributed by atoms with van der Waals surface area (Å²) in [7, 11) is 0. The van der Waals surface area contributed by atoms with Crippen molar-refractivity contribution in [3.05, 3.63) is 35.2 Å². The van der Waals surface area contributed by atoms with Gasteiger partial charge in [0.15, 0.2) is 5.82 Å². The molecule has 2 heterocycles. The first-order valence-corrected chi connectivity index (χ1v) is 5.96. The lowest BCUT2D eigenvalue weighted by atomic mass is 10.00. The van der Waals surface area contributed by atoms with Crippen LogP contribution in [-0.4, -0.2) is 23.2 Å². The van der Waals surface area contributed by atoms with Gasteiger partial charge in [0.05, 0.1) is 0 Å². The summed E-state index contributed by atoms with van der Waals surface area (Å²) >= 11 is 0. The molecule has 0 fully saturated rings. The highest BCUT2D eigenvalue weighted by atomic mass is 16.5. The van der Waals surface area contributed by atoms with Crippen molar-refractivity contribution in [1.82, 2.24) is 15.5 Å². The molecule has 0 unspecified atom stereocenters. The van der Waals surface area contributed by atoms with Crippen LogP contribution in [0.3, 0.4) is 0 Å². The van der Waals surface area contributed by atoms with E-state index in [2.05, 4.69) is 33.7 Å². The molecule has 0 bridgehead atoms. The summed E-state index contributed by atoms with van der Waals surface area (Å²) in [6.07, 6.45) is 2.16. The molecule has 1 N–H and O–H groups in total. The fourth-order valence-electron chi connectivity index (χ4n) is 2.22. The van der Waals surface area contributed by atoms with Crippen LogP contribution in [0.2, 0.25) is 0 Å². The molecule has 0 atom stereocenters. The van der Waals surface area contributed by atoms with E-state index in [1.807, 2.05) is 6.92 Å². The number of aromatic nitrogens is 2. The molecule has 17 heavy (non-hydrogen) atoms. The minimum Gasteiger partial charge on any atom is -0.334 e. The van der Waals surface area contributed by atoms with E-state index in [0.29, 0.717) is 11.7 Å². The number of hydrogen-bond donors (Lipinski definition) is 1. The molecule has 0 saturated carbocycles. The Bertz CT molecular complexity index is 533. The van der Waals surface area contributed by atoms with Gasteiger partial charge < -0.3 is 9.84 Å². The van der Waals surface area contributed by atoms with E-state index in [1.54, 1.807) is 0 Å². The van der Waals surface area contributed by atoms with E-state index in [9.17, 15) is 0 Å². The third-order valence-corrected chi connectivity index (χ3v) is 3.12. The summed E-state index contributed by atoms with van der Waals surface area (Å²) in [4.78, 5) is 4.26. The smallest absolute Gasteiger partial charge is 0.257 e. The zero-order chi connectivity index (χ0) is 11.7. The van der Waals surface area contributed by atoms with Crippen molar-refractivity contribution in [2.75, 3.05) is 13.1 Å². The maximum absolute atomic E-state index is 5.20. The Hall–Kier alpha value is -1.68. The molecule has 4 nitrogen and oxygen atoms in total. The highest BCUT2D eigenvalue weighted by molar-refractivity contribution is 5.56. The number of hydrogen-bond acceptors (Lipinski definition) is 4. The van der Waals surface area contributed by atoms with Crippen LogP contribution in [0.5, 0.6) is 0 Å². The molecule has 0 saturated heterocycles. The normalized spacial score (nSPS) is 15.4. The van der Waals surface area contributed by atoms with Gasteiger partial charge in [-0.05, 0) is 56.1 Å². The van der Waals surface area contributed by atoms with Crippen LogP contribution in [0, 0.1) is 6.92 Å². The topological polar surface area (TPSA) is 51.0 Å². The van der Waals surface area contributed by atoms with Gasteiger partial charge in [0.25, 0.3) is 5.89 Å². The average molecular weight is 229 g/mol. The number of fused-ring (bicyclic) bond motifs is 1. The molecule has 0 radical (unpaired) electrons. The summed E-state index contributed by atoms with van der Waals surface area (Å²) in [5.41, 5.74) is 3.84.